The van der Waals surface area contributed by atoms with E-state index in [1.807, 2.05) is 6.92 Å². The van der Waals surface area contributed by atoms with E-state index in [0.717, 1.165) is 0 Å². The van der Waals surface area contributed by atoms with Crippen molar-refractivity contribution < 1.29 is 13.9 Å². The Morgan fingerprint density at radius 1 is 1.50 bits per heavy atom. The molecule has 1 aromatic heterocycles. The Bertz CT molecular complexity index is 615. The van der Waals surface area contributed by atoms with E-state index >= 15 is 0 Å². The fourth-order valence-electron chi connectivity index (χ4n) is 1.51. The standard InChI is InChI=1S/C13H13ClFN3O2/c1-2-16-13(19)12-5-6-18(17-12)8-20-9-3-4-11(15)10(14)7-9/h3-7H,2,8H2,1H3,(H,16,19). The minimum Gasteiger partial charge on any atom is -0.471 e. The summed E-state index contributed by atoms with van der Waals surface area (Å²) in [6.45, 7) is 2.47. The molecule has 0 aliphatic rings. The van der Waals surface area contributed by atoms with Crippen LogP contribution >= 0.6 is 11.6 Å². The maximum Gasteiger partial charge on any atom is 0.271 e. The van der Waals surface area contributed by atoms with Crippen LogP contribution in [-0.2, 0) is 6.73 Å². The van der Waals surface area contributed by atoms with E-state index < -0.39 is 5.82 Å². The van der Waals surface area contributed by atoms with Crippen molar-refractivity contribution >= 4 is 17.5 Å². The number of carbonyl (C=O) groups excluding carboxylic acids is 1. The molecule has 0 unspecified atom stereocenters. The van der Waals surface area contributed by atoms with Gasteiger partial charge in [0.2, 0.25) is 0 Å². The van der Waals surface area contributed by atoms with Crippen molar-refractivity contribution in [3.05, 3.63) is 47.0 Å². The van der Waals surface area contributed by atoms with E-state index in [-0.39, 0.29) is 17.7 Å². The van der Waals surface area contributed by atoms with Crippen molar-refractivity contribution in [1.29, 1.82) is 0 Å². The van der Waals surface area contributed by atoms with E-state index in [4.69, 9.17) is 16.3 Å². The van der Waals surface area contributed by atoms with Crippen LogP contribution in [0.3, 0.4) is 0 Å². The Hall–Kier alpha value is -2.08. The SMILES string of the molecule is CCNC(=O)c1ccn(COc2ccc(F)c(Cl)c2)n1. The van der Waals surface area contributed by atoms with Crippen LogP contribution in [-0.4, -0.2) is 22.2 Å². The Morgan fingerprint density at radius 2 is 2.30 bits per heavy atom. The van der Waals surface area contributed by atoms with Gasteiger partial charge in [-0.25, -0.2) is 9.07 Å². The Balaban J connectivity index is 1.97. The van der Waals surface area contributed by atoms with Gasteiger partial charge in [0.1, 0.15) is 17.3 Å². The number of halogens is 2. The van der Waals surface area contributed by atoms with Crippen LogP contribution in [0.1, 0.15) is 17.4 Å². The maximum atomic E-state index is 13.0. The van der Waals surface area contributed by atoms with E-state index in [0.29, 0.717) is 18.0 Å². The van der Waals surface area contributed by atoms with Crippen molar-refractivity contribution in [3.8, 4) is 5.75 Å². The summed E-state index contributed by atoms with van der Waals surface area (Å²) in [5.41, 5.74) is 0.313. The minimum atomic E-state index is -0.503. The van der Waals surface area contributed by atoms with Crippen molar-refractivity contribution in [2.75, 3.05) is 6.54 Å². The van der Waals surface area contributed by atoms with Crippen molar-refractivity contribution in [2.45, 2.75) is 13.7 Å². The number of nitrogens with one attached hydrogen (secondary N) is 1. The van der Waals surface area contributed by atoms with Crippen LogP contribution in [0, 0.1) is 5.82 Å². The highest BCUT2D eigenvalue weighted by molar-refractivity contribution is 6.30. The lowest BCUT2D eigenvalue weighted by Crippen LogP contribution is -2.23. The number of ether oxygens (including phenoxy) is 1. The van der Waals surface area contributed by atoms with Gasteiger partial charge in [-0.15, -0.1) is 0 Å². The summed E-state index contributed by atoms with van der Waals surface area (Å²) in [6, 6.07) is 5.66. The number of hydrogen-bond donors (Lipinski definition) is 1. The zero-order chi connectivity index (χ0) is 14.5. The van der Waals surface area contributed by atoms with Crippen molar-refractivity contribution in [2.24, 2.45) is 0 Å². The Morgan fingerprint density at radius 3 is 3.00 bits per heavy atom. The normalized spacial score (nSPS) is 10.3. The summed E-state index contributed by atoms with van der Waals surface area (Å²) in [6.07, 6.45) is 1.62. The second-order valence-corrected chi connectivity index (χ2v) is 4.36. The number of nitrogens with zero attached hydrogens (tertiary/aromatic N) is 2. The van der Waals surface area contributed by atoms with Crippen LogP contribution in [0.2, 0.25) is 5.02 Å². The molecule has 1 amide bonds. The first-order valence-electron chi connectivity index (χ1n) is 5.99. The molecule has 1 aromatic carbocycles. The maximum absolute atomic E-state index is 13.0. The zero-order valence-corrected chi connectivity index (χ0v) is 11.5. The van der Waals surface area contributed by atoms with Gasteiger partial charge in [-0.3, -0.25) is 4.79 Å². The summed E-state index contributed by atoms with van der Waals surface area (Å²) in [7, 11) is 0. The number of rotatable bonds is 5. The summed E-state index contributed by atoms with van der Waals surface area (Å²) in [5.74, 6) is -0.320. The average molecular weight is 298 g/mol. The molecule has 0 spiro atoms. The molecule has 0 fully saturated rings. The molecule has 0 atom stereocenters. The first-order valence-corrected chi connectivity index (χ1v) is 6.37. The monoisotopic (exact) mass is 297 g/mol. The van der Waals surface area contributed by atoms with Gasteiger partial charge >= 0.3 is 0 Å². The fraction of sp³-hybridized carbons (Fsp3) is 0.231. The Labute approximate surface area is 120 Å². The van der Waals surface area contributed by atoms with Gasteiger partial charge in [0.25, 0.3) is 5.91 Å². The highest BCUT2D eigenvalue weighted by atomic mass is 35.5. The third kappa shape index (κ3) is 3.48. The summed E-state index contributed by atoms with van der Waals surface area (Å²) in [4.78, 5) is 11.5. The third-order valence-electron chi connectivity index (χ3n) is 2.47. The molecule has 106 valence electrons. The molecule has 1 heterocycles. The molecule has 0 radical (unpaired) electrons. The number of carbonyl (C=O) groups is 1. The molecule has 0 saturated carbocycles. The van der Waals surface area contributed by atoms with Gasteiger partial charge in [0.15, 0.2) is 6.73 Å². The van der Waals surface area contributed by atoms with Gasteiger partial charge in [-0.1, -0.05) is 11.6 Å². The molecular weight excluding hydrogens is 285 g/mol. The second kappa shape index (κ2) is 6.38. The molecule has 5 nitrogen and oxygen atoms in total. The molecule has 1 N–H and O–H groups in total. The van der Waals surface area contributed by atoms with Crippen molar-refractivity contribution in [1.82, 2.24) is 15.1 Å². The molecular formula is C13H13ClFN3O2. The highest BCUT2D eigenvalue weighted by Gasteiger charge is 2.08. The summed E-state index contributed by atoms with van der Waals surface area (Å²) >= 11 is 5.65. The lowest BCUT2D eigenvalue weighted by molar-refractivity contribution is 0.0949. The zero-order valence-electron chi connectivity index (χ0n) is 10.8. The fourth-order valence-corrected chi connectivity index (χ4v) is 1.68. The summed E-state index contributed by atoms with van der Waals surface area (Å²) in [5, 5.41) is 6.70. The highest BCUT2D eigenvalue weighted by Crippen LogP contribution is 2.21. The van der Waals surface area contributed by atoms with Crippen LogP contribution in [0.4, 0.5) is 4.39 Å². The first-order chi connectivity index (χ1) is 9.60. The van der Waals surface area contributed by atoms with Crippen molar-refractivity contribution in [3.63, 3.8) is 0 Å². The van der Waals surface area contributed by atoms with Gasteiger partial charge in [-0.05, 0) is 25.1 Å². The largest absolute Gasteiger partial charge is 0.471 e. The average Bonchev–Trinajstić information content (AvgIpc) is 2.89. The topological polar surface area (TPSA) is 56.2 Å². The van der Waals surface area contributed by atoms with E-state index in [1.54, 1.807) is 12.3 Å². The molecule has 0 bridgehead atoms. The van der Waals surface area contributed by atoms with E-state index in [1.165, 1.54) is 22.9 Å². The number of hydrogen-bond acceptors (Lipinski definition) is 3. The van der Waals surface area contributed by atoms with E-state index in [2.05, 4.69) is 10.4 Å². The van der Waals surface area contributed by atoms with E-state index in [9.17, 15) is 9.18 Å². The van der Waals surface area contributed by atoms with Crippen LogP contribution < -0.4 is 10.1 Å². The van der Waals surface area contributed by atoms with Gasteiger partial charge in [0.05, 0.1) is 5.02 Å². The molecule has 2 rings (SSSR count). The number of amides is 1. The molecule has 7 heteroatoms. The number of aromatic nitrogens is 2. The van der Waals surface area contributed by atoms with Crippen LogP contribution in [0.5, 0.6) is 5.75 Å². The lowest BCUT2D eigenvalue weighted by Gasteiger charge is -2.06. The smallest absolute Gasteiger partial charge is 0.271 e. The quantitative estimate of drug-likeness (QED) is 0.922. The predicted molar refractivity (Wildman–Crippen MR) is 72.3 cm³/mol. The third-order valence-corrected chi connectivity index (χ3v) is 2.75. The second-order valence-electron chi connectivity index (χ2n) is 3.95. The molecule has 0 saturated heterocycles. The van der Waals surface area contributed by atoms with Gasteiger partial charge in [0, 0.05) is 18.8 Å². The van der Waals surface area contributed by atoms with Gasteiger partial charge < -0.3 is 10.1 Å². The molecule has 0 aliphatic carbocycles. The van der Waals surface area contributed by atoms with Crippen LogP contribution in [0.15, 0.2) is 30.5 Å². The predicted octanol–water partition coefficient (Wildman–Crippen LogP) is 2.46. The lowest BCUT2D eigenvalue weighted by atomic mass is 10.3. The minimum absolute atomic E-state index is 0.00835. The van der Waals surface area contributed by atoms with Crippen LogP contribution in [0.25, 0.3) is 0 Å². The first kappa shape index (κ1) is 14.3. The van der Waals surface area contributed by atoms with Gasteiger partial charge in [-0.2, -0.15) is 5.10 Å². The molecule has 0 aliphatic heterocycles. The Kier molecular flexibility index (Phi) is 4.57. The number of benzene rings is 1. The summed E-state index contributed by atoms with van der Waals surface area (Å²) < 4.78 is 19.8. The molecule has 20 heavy (non-hydrogen) atoms. The molecule has 2 aromatic rings.